The Balaban J connectivity index is 2.17. The summed E-state index contributed by atoms with van der Waals surface area (Å²) in [5, 5.41) is 17.4. The van der Waals surface area contributed by atoms with E-state index < -0.39 is 4.92 Å². The molecule has 25 heavy (non-hydrogen) atoms. The van der Waals surface area contributed by atoms with Crippen LogP contribution in [0.2, 0.25) is 0 Å². The van der Waals surface area contributed by atoms with Crippen LogP contribution in [-0.4, -0.2) is 35.2 Å². The van der Waals surface area contributed by atoms with Crippen LogP contribution in [0.1, 0.15) is 25.3 Å². The third-order valence-corrected chi connectivity index (χ3v) is 3.64. The Morgan fingerprint density at radius 3 is 2.56 bits per heavy atom. The highest BCUT2D eigenvalue weighted by Crippen LogP contribution is 2.31. The summed E-state index contributed by atoms with van der Waals surface area (Å²) in [4.78, 5) is 18.9. The standard InChI is InChI=1S/C17H23N5O3/c1-3-4-5-13-6-8-14(9-7-13)21-17-15(22(23)24)16(19-12-20-17)18-10-11-25-2/h6-9,12H,3-5,10-11H2,1-2H3,(H2,18,19,20,21). The molecule has 0 amide bonds. The molecule has 2 rings (SSSR count). The quantitative estimate of drug-likeness (QED) is 0.386. The van der Waals surface area contributed by atoms with E-state index in [1.165, 1.54) is 11.9 Å². The zero-order valence-corrected chi connectivity index (χ0v) is 14.5. The molecule has 0 saturated carbocycles. The van der Waals surface area contributed by atoms with Crippen LogP contribution in [0, 0.1) is 10.1 Å². The van der Waals surface area contributed by atoms with Gasteiger partial charge in [0.2, 0.25) is 11.6 Å². The summed E-state index contributed by atoms with van der Waals surface area (Å²) in [5.74, 6) is 0.320. The first-order chi connectivity index (χ1) is 12.2. The topological polar surface area (TPSA) is 102 Å². The summed E-state index contributed by atoms with van der Waals surface area (Å²) in [7, 11) is 1.56. The van der Waals surface area contributed by atoms with E-state index in [-0.39, 0.29) is 17.3 Å². The molecule has 0 unspecified atom stereocenters. The normalized spacial score (nSPS) is 10.5. The molecule has 8 nitrogen and oxygen atoms in total. The summed E-state index contributed by atoms with van der Waals surface area (Å²) in [5.41, 5.74) is 1.80. The van der Waals surface area contributed by atoms with Gasteiger partial charge in [-0.05, 0) is 30.5 Å². The maximum absolute atomic E-state index is 11.5. The van der Waals surface area contributed by atoms with E-state index in [2.05, 4.69) is 27.5 Å². The van der Waals surface area contributed by atoms with Crippen LogP contribution in [0.25, 0.3) is 0 Å². The van der Waals surface area contributed by atoms with E-state index in [0.717, 1.165) is 24.9 Å². The third-order valence-electron chi connectivity index (χ3n) is 3.64. The Labute approximate surface area is 146 Å². The highest BCUT2D eigenvalue weighted by molar-refractivity contribution is 5.73. The highest BCUT2D eigenvalue weighted by atomic mass is 16.6. The van der Waals surface area contributed by atoms with Crippen molar-refractivity contribution in [3.05, 3.63) is 46.3 Å². The SMILES string of the molecule is CCCCc1ccc(Nc2ncnc(NCCOC)c2[N+](=O)[O-])cc1. The average Bonchev–Trinajstić information content (AvgIpc) is 2.61. The summed E-state index contributed by atoms with van der Waals surface area (Å²) in [6.07, 6.45) is 4.60. The smallest absolute Gasteiger partial charge is 0.353 e. The van der Waals surface area contributed by atoms with Crippen LogP contribution in [0.5, 0.6) is 0 Å². The molecule has 0 fully saturated rings. The van der Waals surface area contributed by atoms with Gasteiger partial charge in [0.05, 0.1) is 11.5 Å². The van der Waals surface area contributed by atoms with Crippen molar-refractivity contribution < 1.29 is 9.66 Å². The first-order valence-electron chi connectivity index (χ1n) is 8.23. The van der Waals surface area contributed by atoms with Crippen molar-refractivity contribution >= 4 is 23.0 Å². The minimum Gasteiger partial charge on any atom is -0.383 e. The highest BCUT2D eigenvalue weighted by Gasteiger charge is 2.22. The molecule has 1 aromatic heterocycles. The predicted octanol–water partition coefficient (Wildman–Crippen LogP) is 3.53. The number of methoxy groups -OCH3 is 1. The van der Waals surface area contributed by atoms with Crippen LogP contribution in [-0.2, 0) is 11.2 Å². The van der Waals surface area contributed by atoms with Crippen LogP contribution >= 0.6 is 0 Å². The third kappa shape index (κ3) is 5.39. The number of aromatic nitrogens is 2. The minimum atomic E-state index is -0.493. The summed E-state index contributed by atoms with van der Waals surface area (Å²) < 4.78 is 4.94. The number of nitrogens with zero attached hydrogens (tertiary/aromatic N) is 3. The molecule has 0 aliphatic heterocycles. The van der Waals surface area contributed by atoms with Gasteiger partial charge in [-0.25, -0.2) is 9.97 Å². The number of hydrogen-bond donors (Lipinski definition) is 2. The number of unbranched alkanes of at least 4 members (excludes halogenated alkanes) is 1. The summed E-state index contributed by atoms with van der Waals surface area (Å²) in [6.45, 7) is 2.99. The lowest BCUT2D eigenvalue weighted by Gasteiger charge is -2.10. The fourth-order valence-electron chi connectivity index (χ4n) is 2.32. The average molecular weight is 345 g/mol. The lowest BCUT2D eigenvalue weighted by Crippen LogP contribution is -2.12. The molecule has 8 heteroatoms. The molecular weight excluding hydrogens is 322 g/mol. The van der Waals surface area contributed by atoms with Gasteiger partial charge in [0.25, 0.3) is 0 Å². The van der Waals surface area contributed by atoms with Gasteiger partial charge in [-0.3, -0.25) is 10.1 Å². The van der Waals surface area contributed by atoms with Crippen LogP contribution < -0.4 is 10.6 Å². The minimum absolute atomic E-state index is 0.154. The monoisotopic (exact) mass is 345 g/mol. The molecule has 134 valence electrons. The number of benzene rings is 1. The van der Waals surface area contributed by atoms with E-state index in [9.17, 15) is 10.1 Å². The lowest BCUT2D eigenvalue weighted by atomic mass is 10.1. The molecule has 0 aliphatic carbocycles. The number of nitro groups is 1. The van der Waals surface area contributed by atoms with Crippen molar-refractivity contribution in [3.63, 3.8) is 0 Å². The predicted molar refractivity (Wildman–Crippen MR) is 97.4 cm³/mol. The maximum atomic E-state index is 11.5. The number of hydrogen-bond acceptors (Lipinski definition) is 7. The van der Waals surface area contributed by atoms with Gasteiger partial charge in [-0.15, -0.1) is 0 Å². The lowest BCUT2D eigenvalue weighted by molar-refractivity contribution is -0.383. The largest absolute Gasteiger partial charge is 0.383 e. The maximum Gasteiger partial charge on any atom is 0.353 e. The molecule has 1 heterocycles. The number of nitrogens with one attached hydrogen (secondary N) is 2. The Morgan fingerprint density at radius 2 is 1.92 bits per heavy atom. The van der Waals surface area contributed by atoms with Gasteiger partial charge >= 0.3 is 5.69 Å². The molecular formula is C17H23N5O3. The Kier molecular flexibility index (Phi) is 7.09. The van der Waals surface area contributed by atoms with E-state index in [1.54, 1.807) is 7.11 Å². The first kappa shape index (κ1) is 18.6. The molecule has 1 aromatic carbocycles. The van der Waals surface area contributed by atoms with Crippen molar-refractivity contribution in [1.29, 1.82) is 0 Å². The van der Waals surface area contributed by atoms with Crippen molar-refractivity contribution in [1.82, 2.24) is 9.97 Å². The molecule has 2 aromatic rings. The zero-order chi connectivity index (χ0) is 18.1. The second-order valence-corrected chi connectivity index (χ2v) is 5.52. The molecule has 0 bridgehead atoms. The Bertz CT molecular complexity index is 691. The Hall–Kier alpha value is -2.74. The van der Waals surface area contributed by atoms with Gasteiger partial charge in [-0.2, -0.15) is 0 Å². The van der Waals surface area contributed by atoms with Gasteiger partial charge in [0.1, 0.15) is 6.33 Å². The van der Waals surface area contributed by atoms with Gasteiger partial charge < -0.3 is 15.4 Å². The van der Waals surface area contributed by atoms with Crippen molar-refractivity contribution in [2.24, 2.45) is 0 Å². The second kappa shape index (κ2) is 9.53. The Morgan fingerprint density at radius 1 is 1.20 bits per heavy atom. The fraction of sp³-hybridized carbons (Fsp3) is 0.412. The van der Waals surface area contributed by atoms with Crippen LogP contribution in [0.3, 0.4) is 0 Å². The summed E-state index contributed by atoms with van der Waals surface area (Å²) >= 11 is 0. The van der Waals surface area contributed by atoms with E-state index in [4.69, 9.17) is 4.74 Å². The number of ether oxygens (including phenoxy) is 1. The van der Waals surface area contributed by atoms with E-state index in [0.29, 0.717) is 13.2 Å². The second-order valence-electron chi connectivity index (χ2n) is 5.52. The van der Waals surface area contributed by atoms with E-state index in [1.807, 2.05) is 24.3 Å². The molecule has 0 radical (unpaired) electrons. The van der Waals surface area contributed by atoms with Crippen molar-refractivity contribution in [2.45, 2.75) is 26.2 Å². The van der Waals surface area contributed by atoms with Crippen LogP contribution in [0.15, 0.2) is 30.6 Å². The first-order valence-corrected chi connectivity index (χ1v) is 8.23. The van der Waals surface area contributed by atoms with Gasteiger partial charge in [-0.1, -0.05) is 25.5 Å². The molecule has 2 N–H and O–H groups in total. The number of anilines is 3. The van der Waals surface area contributed by atoms with Crippen molar-refractivity contribution in [3.8, 4) is 0 Å². The summed E-state index contributed by atoms with van der Waals surface area (Å²) in [6, 6.07) is 7.83. The number of aryl methyl sites for hydroxylation is 1. The molecule has 0 atom stereocenters. The number of rotatable bonds is 10. The van der Waals surface area contributed by atoms with Crippen LogP contribution in [0.4, 0.5) is 23.0 Å². The molecule has 0 spiro atoms. The molecule has 0 aliphatic rings. The van der Waals surface area contributed by atoms with Gasteiger partial charge in [0, 0.05) is 19.3 Å². The van der Waals surface area contributed by atoms with Crippen molar-refractivity contribution in [2.75, 3.05) is 30.9 Å². The zero-order valence-electron chi connectivity index (χ0n) is 14.5. The van der Waals surface area contributed by atoms with E-state index >= 15 is 0 Å². The fourth-order valence-corrected chi connectivity index (χ4v) is 2.32. The van der Waals surface area contributed by atoms with Gasteiger partial charge in [0.15, 0.2) is 0 Å². The molecule has 0 saturated heterocycles.